The molecule has 1 aromatic rings. The van der Waals surface area contributed by atoms with E-state index in [9.17, 15) is 9.90 Å². The summed E-state index contributed by atoms with van der Waals surface area (Å²) in [6, 6.07) is 6.49. The van der Waals surface area contributed by atoms with Gasteiger partial charge in [0, 0.05) is 12.1 Å². The molecule has 104 valence electrons. The first-order valence-electron chi connectivity index (χ1n) is 7.26. The van der Waals surface area contributed by atoms with Gasteiger partial charge in [0.05, 0.1) is 0 Å². The average Bonchev–Trinajstić information content (AvgIpc) is 2.45. The molecule has 3 nitrogen and oxygen atoms in total. The van der Waals surface area contributed by atoms with E-state index in [-0.39, 0.29) is 11.7 Å². The van der Waals surface area contributed by atoms with E-state index in [2.05, 4.69) is 12.2 Å². The zero-order valence-electron chi connectivity index (χ0n) is 11.6. The van der Waals surface area contributed by atoms with Crippen molar-refractivity contribution in [2.24, 2.45) is 11.8 Å². The molecule has 0 aromatic heterocycles. The van der Waals surface area contributed by atoms with Gasteiger partial charge in [-0.05, 0) is 42.9 Å². The van der Waals surface area contributed by atoms with Crippen LogP contribution < -0.4 is 5.32 Å². The van der Waals surface area contributed by atoms with Gasteiger partial charge < -0.3 is 10.4 Å². The molecule has 0 heterocycles. The fraction of sp³-hybridized carbons (Fsp3) is 0.562. The van der Waals surface area contributed by atoms with E-state index in [0.29, 0.717) is 11.5 Å². The number of nitrogens with one attached hydrogen (secondary N) is 1. The molecule has 19 heavy (non-hydrogen) atoms. The van der Waals surface area contributed by atoms with Crippen LogP contribution in [0.1, 0.15) is 49.4 Å². The minimum absolute atomic E-state index is 0.0893. The van der Waals surface area contributed by atoms with E-state index < -0.39 is 0 Å². The minimum Gasteiger partial charge on any atom is -0.508 e. The van der Waals surface area contributed by atoms with Gasteiger partial charge in [0.2, 0.25) is 0 Å². The number of aromatic hydroxyl groups is 1. The largest absolute Gasteiger partial charge is 0.508 e. The van der Waals surface area contributed by atoms with Crippen molar-refractivity contribution in [2.45, 2.75) is 39.0 Å². The number of benzene rings is 1. The lowest BCUT2D eigenvalue weighted by Gasteiger charge is -2.27. The predicted molar refractivity (Wildman–Crippen MR) is 76.2 cm³/mol. The zero-order chi connectivity index (χ0) is 13.7. The highest BCUT2D eigenvalue weighted by atomic mass is 16.3. The summed E-state index contributed by atoms with van der Waals surface area (Å²) in [6.07, 6.45) is 6.31. The van der Waals surface area contributed by atoms with E-state index in [4.69, 9.17) is 0 Å². The zero-order valence-corrected chi connectivity index (χ0v) is 11.6. The second-order valence-corrected chi connectivity index (χ2v) is 5.56. The number of rotatable bonds is 4. The van der Waals surface area contributed by atoms with E-state index >= 15 is 0 Å². The first kappa shape index (κ1) is 13.9. The van der Waals surface area contributed by atoms with Gasteiger partial charge in [-0.2, -0.15) is 0 Å². The Kier molecular flexibility index (Phi) is 4.83. The summed E-state index contributed by atoms with van der Waals surface area (Å²) >= 11 is 0. The van der Waals surface area contributed by atoms with Crippen molar-refractivity contribution in [3.05, 3.63) is 29.8 Å². The third kappa shape index (κ3) is 3.98. The minimum atomic E-state index is -0.0893. The van der Waals surface area contributed by atoms with Crippen LogP contribution in [0.25, 0.3) is 0 Å². The number of hydrogen-bond donors (Lipinski definition) is 2. The highest BCUT2D eigenvalue weighted by Gasteiger charge is 2.20. The van der Waals surface area contributed by atoms with Crippen LogP contribution in [0.5, 0.6) is 5.75 Å². The van der Waals surface area contributed by atoms with Gasteiger partial charge in [0.15, 0.2) is 0 Å². The normalized spacial score (nSPS) is 23.0. The second-order valence-electron chi connectivity index (χ2n) is 5.56. The summed E-state index contributed by atoms with van der Waals surface area (Å²) in [6.45, 7) is 3.01. The van der Waals surface area contributed by atoms with Gasteiger partial charge in [-0.15, -0.1) is 0 Å². The van der Waals surface area contributed by atoms with Crippen LogP contribution in [-0.4, -0.2) is 17.6 Å². The molecule has 1 aliphatic carbocycles. The van der Waals surface area contributed by atoms with E-state index in [0.717, 1.165) is 12.5 Å². The first-order valence-corrected chi connectivity index (χ1v) is 7.26. The molecule has 1 fully saturated rings. The summed E-state index contributed by atoms with van der Waals surface area (Å²) in [4.78, 5) is 11.9. The maximum absolute atomic E-state index is 11.9. The highest BCUT2D eigenvalue weighted by Crippen LogP contribution is 2.30. The maximum atomic E-state index is 11.9. The van der Waals surface area contributed by atoms with Crippen LogP contribution in [0, 0.1) is 11.8 Å². The van der Waals surface area contributed by atoms with Crippen LogP contribution in [0.3, 0.4) is 0 Å². The molecule has 0 unspecified atom stereocenters. The van der Waals surface area contributed by atoms with E-state index in [1.807, 2.05) is 0 Å². The third-order valence-electron chi connectivity index (χ3n) is 4.20. The summed E-state index contributed by atoms with van der Waals surface area (Å²) in [5, 5.41) is 12.3. The van der Waals surface area contributed by atoms with Gasteiger partial charge in [-0.3, -0.25) is 4.79 Å². The molecule has 2 N–H and O–H groups in total. The molecule has 0 saturated heterocycles. The SMILES string of the molecule is CCC1CCC(CNC(=O)c2cccc(O)c2)CC1. The molecule has 0 bridgehead atoms. The quantitative estimate of drug-likeness (QED) is 0.873. The monoisotopic (exact) mass is 261 g/mol. The molecule has 1 aliphatic rings. The molecule has 0 aliphatic heterocycles. The van der Waals surface area contributed by atoms with Crippen molar-refractivity contribution < 1.29 is 9.90 Å². The Morgan fingerprint density at radius 1 is 1.26 bits per heavy atom. The number of carbonyl (C=O) groups excluding carboxylic acids is 1. The van der Waals surface area contributed by atoms with Crippen molar-refractivity contribution in [1.82, 2.24) is 5.32 Å². The molecule has 1 aromatic carbocycles. The number of carbonyl (C=O) groups is 1. The Morgan fingerprint density at radius 2 is 1.95 bits per heavy atom. The van der Waals surface area contributed by atoms with Crippen LogP contribution in [-0.2, 0) is 0 Å². The fourth-order valence-electron chi connectivity index (χ4n) is 2.83. The van der Waals surface area contributed by atoms with Gasteiger partial charge in [0.25, 0.3) is 5.91 Å². The van der Waals surface area contributed by atoms with Gasteiger partial charge >= 0.3 is 0 Å². The Bertz CT molecular complexity index is 423. The smallest absolute Gasteiger partial charge is 0.251 e. The molecule has 1 saturated carbocycles. The maximum Gasteiger partial charge on any atom is 0.251 e. The van der Waals surface area contributed by atoms with E-state index in [1.54, 1.807) is 18.2 Å². The highest BCUT2D eigenvalue weighted by molar-refractivity contribution is 5.94. The standard InChI is InChI=1S/C16H23NO2/c1-2-12-6-8-13(9-7-12)11-17-16(19)14-4-3-5-15(18)10-14/h3-5,10,12-13,18H,2,6-9,11H2,1H3,(H,17,19). The van der Waals surface area contributed by atoms with Crippen molar-refractivity contribution in [2.75, 3.05) is 6.54 Å². The molecular weight excluding hydrogens is 238 g/mol. The number of phenolic OH excluding ortho intramolecular Hbond substituents is 1. The van der Waals surface area contributed by atoms with Crippen molar-refractivity contribution >= 4 is 5.91 Å². The van der Waals surface area contributed by atoms with Crippen molar-refractivity contribution in [1.29, 1.82) is 0 Å². The summed E-state index contributed by atoms with van der Waals surface area (Å²) in [5.74, 6) is 1.55. The van der Waals surface area contributed by atoms with Gasteiger partial charge in [-0.1, -0.05) is 32.3 Å². The number of amides is 1. The second kappa shape index (κ2) is 6.60. The van der Waals surface area contributed by atoms with Gasteiger partial charge in [-0.25, -0.2) is 0 Å². The van der Waals surface area contributed by atoms with Crippen LogP contribution in [0.15, 0.2) is 24.3 Å². The molecule has 3 heteroatoms. The van der Waals surface area contributed by atoms with E-state index in [1.165, 1.54) is 38.2 Å². The third-order valence-corrected chi connectivity index (χ3v) is 4.20. The molecule has 0 atom stereocenters. The lowest BCUT2D eigenvalue weighted by atomic mass is 9.81. The molecule has 0 radical (unpaired) electrons. The summed E-state index contributed by atoms with van der Waals surface area (Å²) in [7, 11) is 0. The lowest BCUT2D eigenvalue weighted by Crippen LogP contribution is -2.31. The molecule has 0 spiro atoms. The topological polar surface area (TPSA) is 49.3 Å². The van der Waals surface area contributed by atoms with Crippen molar-refractivity contribution in [3.8, 4) is 5.75 Å². The Morgan fingerprint density at radius 3 is 2.58 bits per heavy atom. The average molecular weight is 261 g/mol. The summed E-state index contributed by atoms with van der Waals surface area (Å²) < 4.78 is 0. The Balaban J connectivity index is 1.78. The fourth-order valence-corrected chi connectivity index (χ4v) is 2.83. The molecule has 2 rings (SSSR count). The Labute approximate surface area is 115 Å². The predicted octanol–water partition coefficient (Wildman–Crippen LogP) is 3.34. The first-order chi connectivity index (χ1) is 9.19. The lowest BCUT2D eigenvalue weighted by molar-refractivity contribution is 0.0941. The van der Waals surface area contributed by atoms with Crippen LogP contribution in [0.2, 0.25) is 0 Å². The van der Waals surface area contributed by atoms with Crippen molar-refractivity contribution in [3.63, 3.8) is 0 Å². The molecular formula is C16H23NO2. The van der Waals surface area contributed by atoms with Crippen LogP contribution in [0.4, 0.5) is 0 Å². The molecule has 1 amide bonds. The van der Waals surface area contributed by atoms with Gasteiger partial charge in [0.1, 0.15) is 5.75 Å². The van der Waals surface area contributed by atoms with Crippen LogP contribution >= 0.6 is 0 Å². The Hall–Kier alpha value is -1.51. The number of phenols is 1. The summed E-state index contributed by atoms with van der Waals surface area (Å²) in [5.41, 5.74) is 0.530. The number of hydrogen-bond acceptors (Lipinski definition) is 2.